The van der Waals surface area contributed by atoms with Crippen molar-refractivity contribution in [3.63, 3.8) is 0 Å². The second kappa shape index (κ2) is 7.43. The summed E-state index contributed by atoms with van der Waals surface area (Å²) in [6.45, 7) is 5.24. The molecule has 0 aliphatic carbocycles. The van der Waals surface area contributed by atoms with Crippen molar-refractivity contribution in [1.29, 1.82) is 0 Å². The molecule has 3 nitrogen and oxygen atoms in total. The second-order valence-corrected chi connectivity index (χ2v) is 5.14. The highest BCUT2D eigenvalue weighted by Crippen LogP contribution is 2.17. The van der Waals surface area contributed by atoms with Crippen LogP contribution in [0.5, 0.6) is 0 Å². The van der Waals surface area contributed by atoms with Gasteiger partial charge in [0.2, 0.25) is 0 Å². The Hall–Kier alpha value is -0.900. The van der Waals surface area contributed by atoms with Crippen LogP contribution in [0, 0.1) is 0 Å². The third-order valence-corrected chi connectivity index (χ3v) is 3.50. The van der Waals surface area contributed by atoms with Crippen LogP contribution in [0.3, 0.4) is 0 Å². The number of aromatic nitrogens is 1. The fourth-order valence-corrected chi connectivity index (χ4v) is 2.18. The van der Waals surface area contributed by atoms with Gasteiger partial charge in [-0.3, -0.25) is 0 Å². The molecule has 96 valence electrons. The summed E-state index contributed by atoms with van der Waals surface area (Å²) in [5.41, 5.74) is 0. The molecule has 0 amide bonds. The zero-order valence-electron chi connectivity index (χ0n) is 11.2. The first kappa shape index (κ1) is 14.2. The molecule has 1 rings (SSSR count). The van der Waals surface area contributed by atoms with E-state index < -0.39 is 0 Å². The van der Waals surface area contributed by atoms with E-state index in [0.29, 0.717) is 6.04 Å². The van der Waals surface area contributed by atoms with E-state index in [9.17, 15) is 0 Å². The normalized spacial score (nSPS) is 12.2. The van der Waals surface area contributed by atoms with Crippen LogP contribution in [0.25, 0.3) is 0 Å². The molecular formula is C13H23N3S. The Morgan fingerprint density at radius 2 is 2.24 bits per heavy atom. The first-order valence-corrected chi connectivity index (χ1v) is 7.51. The van der Waals surface area contributed by atoms with E-state index in [1.165, 1.54) is 12.2 Å². The van der Waals surface area contributed by atoms with Crippen molar-refractivity contribution in [2.24, 2.45) is 0 Å². The van der Waals surface area contributed by atoms with E-state index in [2.05, 4.69) is 54.5 Å². The zero-order chi connectivity index (χ0) is 12.7. The van der Waals surface area contributed by atoms with Crippen LogP contribution in [0.2, 0.25) is 0 Å². The number of thioether (sulfide) groups is 1. The van der Waals surface area contributed by atoms with Gasteiger partial charge in [0, 0.05) is 19.6 Å². The molecule has 0 radical (unpaired) electrons. The summed E-state index contributed by atoms with van der Waals surface area (Å²) in [6.07, 6.45) is 3.33. The Kier molecular flexibility index (Phi) is 6.19. The molecule has 0 spiro atoms. The average Bonchev–Trinajstić information content (AvgIpc) is 2.35. The van der Waals surface area contributed by atoms with Gasteiger partial charge in [-0.2, -0.15) is 11.8 Å². The molecule has 0 aliphatic rings. The summed E-state index contributed by atoms with van der Waals surface area (Å²) in [5.74, 6) is 3.18. The number of hydrogen-bond acceptors (Lipinski definition) is 4. The van der Waals surface area contributed by atoms with Gasteiger partial charge in [0.05, 0.1) is 0 Å². The molecule has 0 aromatic carbocycles. The summed E-state index contributed by atoms with van der Waals surface area (Å²) >= 11 is 1.89. The lowest BCUT2D eigenvalue weighted by Crippen LogP contribution is -2.30. The van der Waals surface area contributed by atoms with Gasteiger partial charge in [0.1, 0.15) is 11.6 Å². The van der Waals surface area contributed by atoms with Gasteiger partial charge in [-0.05, 0) is 44.4 Å². The Labute approximate surface area is 109 Å². The topological polar surface area (TPSA) is 28.2 Å². The molecule has 1 aromatic rings. The summed E-state index contributed by atoms with van der Waals surface area (Å²) < 4.78 is 0. The molecule has 0 bridgehead atoms. The first-order valence-electron chi connectivity index (χ1n) is 6.11. The van der Waals surface area contributed by atoms with Crippen LogP contribution in [-0.2, 0) is 0 Å². The fraction of sp³-hybridized carbons (Fsp3) is 0.615. The molecule has 0 saturated carbocycles. The number of rotatable bonds is 7. The predicted octanol–water partition coefficient (Wildman–Crippen LogP) is 3.09. The lowest BCUT2D eigenvalue weighted by atomic mass is 10.2. The van der Waals surface area contributed by atoms with E-state index >= 15 is 0 Å². The molecule has 1 aromatic heterocycles. The van der Waals surface area contributed by atoms with Crippen molar-refractivity contribution in [3.8, 4) is 0 Å². The standard InChI is InChI=1S/C13H23N3S/c1-5-14-12-7-6-8-13(15-12)16(3)11(2)9-10-17-4/h6-8,11H,5,9-10H2,1-4H3,(H,14,15). The molecular weight excluding hydrogens is 230 g/mol. The minimum absolute atomic E-state index is 0.520. The van der Waals surface area contributed by atoms with Crippen molar-refractivity contribution >= 4 is 23.4 Å². The second-order valence-electron chi connectivity index (χ2n) is 4.15. The summed E-state index contributed by atoms with van der Waals surface area (Å²) in [5, 5.41) is 3.24. The average molecular weight is 253 g/mol. The van der Waals surface area contributed by atoms with Crippen molar-refractivity contribution in [2.75, 3.05) is 35.8 Å². The maximum Gasteiger partial charge on any atom is 0.130 e. The van der Waals surface area contributed by atoms with Crippen molar-refractivity contribution in [2.45, 2.75) is 26.3 Å². The monoisotopic (exact) mass is 253 g/mol. The minimum Gasteiger partial charge on any atom is -0.370 e. The van der Waals surface area contributed by atoms with E-state index in [1.807, 2.05) is 17.8 Å². The van der Waals surface area contributed by atoms with Crippen LogP contribution in [0.15, 0.2) is 18.2 Å². The molecule has 1 atom stereocenters. The van der Waals surface area contributed by atoms with Gasteiger partial charge in [0.15, 0.2) is 0 Å². The van der Waals surface area contributed by atoms with Gasteiger partial charge in [-0.25, -0.2) is 4.98 Å². The Bertz CT molecular complexity index is 330. The molecule has 4 heteroatoms. The number of pyridine rings is 1. The van der Waals surface area contributed by atoms with E-state index in [4.69, 9.17) is 0 Å². The third kappa shape index (κ3) is 4.46. The van der Waals surface area contributed by atoms with Crippen LogP contribution in [0.4, 0.5) is 11.6 Å². The molecule has 0 saturated heterocycles. The lowest BCUT2D eigenvalue weighted by Gasteiger charge is -2.26. The molecule has 0 aliphatic heterocycles. The largest absolute Gasteiger partial charge is 0.370 e. The Balaban J connectivity index is 2.66. The lowest BCUT2D eigenvalue weighted by molar-refractivity contribution is 0.662. The van der Waals surface area contributed by atoms with Gasteiger partial charge < -0.3 is 10.2 Å². The van der Waals surface area contributed by atoms with Gasteiger partial charge in [0.25, 0.3) is 0 Å². The molecule has 17 heavy (non-hydrogen) atoms. The minimum atomic E-state index is 0.520. The maximum atomic E-state index is 4.60. The Morgan fingerprint density at radius 3 is 2.88 bits per heavy atom. The van der Waals surface area contributed by atoms with E-state index in [-0.39, 0.29) is 0 Å². The number of nitrogens with one attached hydrogen (secondary N) is 1. The van der Waals surface area contributed by atoms with Gasteiger partial charge >= 0.3 is 0 Å². The highest BCUT2D eigenvalue weighted by Gasteiger charge is 2.10. The highest BCUT2D eigenvalue weighted by atomic mass is 32.2. The first-order chi connectivity index (χ1) is 8.19. The van der Waals surface area contributed by atoms with Crippen LogP contribution >= 0.6 is 11.8 Å². The van der Waals surface area contributed by atoms with Gasteiger partial charge in [-0.15, -0.1) is 0 Å². The summed E-state index contributed by atoms with van der Waals surface area (Å²) in [4.78, 5) is 6.85. The van der Waals surface area contributed by atoms with Crippen molar-refractivity contribution in [3.05, 3.63) is 18.2 Å². The van der Waals surface area contributed by atoms with E-state index in [0.717, 1.165) is 18.2 Å². The smallest absolute Gasteiger partial charge is 0.130 e. The van der Waals surface area contributed by atoms with Crippen LogP contribution in [-0.4, -0.2) is 36.6 Å². The van der Waals surface area contributed by atoms with Crippen LogP contribution in [0.1, 0.15) is 20.3 Å². The molecule has 1 unspecified atom stereocenters. The fourth-order valence-electron chi connectivity index (χ4n) is 1.61. The Morgan fingerprint density at radius 1 is 1.47 bits per heavy atom. The maximum absolute atomic E-state index is 4.60. The molecule has 1 heterocycles. The predicted molar refractivity (Wildman–Crippen MR) is 79.3 cm³/mol. The molecule has 0 fully saturated rings. The van der Waals surface area contributed by atoms with Crippen molar-refractivity contribution in [1.82, 2.24) is 4.98 Å². The summed E-state index contributed by atoms with van der Waals surface area (Å²) in [6, 6.07) is 6.65. The number of anilines is 2. The molecule has 1 N–H and O–H groups in total. The third-order valence-electron chi connectivity index (χ3n) is 2.85. The van der Waals surface area contributed by atoms with Gasteiger partial charge in [-0.1, -0.05) is 6.07 Å². The zero-order valence-corrected chi connectivity index (χ0v) is 12.0. The van der Waals surface area contributed by atoms with E-state index in [1.54, 1.807) is 0 Å². The SMILES string of the molecule is CCNc1cccc(N(C)C(C)CCSC)n1. The van der Waals surface area contributed by atoms with Crippen molar-refractivity contribution < 1.29 is 0 Å². The van der Waals surface area contributed by atoms with Crippen LogP contribution < -0.4 is 10.2 Å². The summed E-state index contributed by atoms with van der Waals surface area (Å²) in [7, 11) is 2.11. The number of nitrogens with zero attached hydrogens (tertiary/aromatic N) is 2. The highest BCUT2D eigenvalue weighted by molar-refractivity contribution is 7.98. The quantitative estimate of drug-likeness (QED) is 0.808. The number of hydrogen-bond donors (Lipinski definition) is 1.